The SMILES string of the molecule is O=C(NCCN1CCCC1)c1cc2ccccc2s1. The van der Waals surface area contributed by atoms with Crippen molar-refractivity contribution in [3.05, 3.63) is 35.2 Å². The molecule has 19 heavy (non-hydrogen) atoms. The Kier molecular flexibility index (Phi) is 3.80. The molecule has 2 heterocycles. The Hall–Kier alpha value is -1.39. The van der Waals surface area contributed by atoms with Crippen molar-refractivity contribution in [2.24, 2.45) is 0 Å². The zero-order chi connectivity index (χ0) is 13.1. The molecule has 0 unspecified atom stereocenters. The zero-order valence-electron chi connectivity index (χ0n) is 10.9. The Morgan fingerprint density at radius 2 is 2.05 bits per heavy atom. The van der Waals surface area contributed by atoms with E-state index in [9.17, 15) is 4.79 Å². The van der Waals surface area contributed by atoms with Crippen molar-refractivity contribution in [2.75, 3.05) is 26.2 Å². The van der Waals surface area contributed by atoms with E-state index in [-0.39, 0.29) is 5.91 Å². The lowest BCUT2D eigenvalue weighted by molar-refractivity contribution is 0.0954. The van der Waals surface area contributed by atoms with Gasteiger partial charge in [-0.1, -0.05) is 18.2 Å². The third-order valence-corrected chi connectivity index (χ3v) is 4.68. The first-order chi connectivity index (χ1) is 9.33. The lowest BCUT2D eigenvalue weighted by Gasteiger charge is -2.14. The van der Waals surface area contributed by atoms with E-state index < -0.39 is 0 Å². The van der Waals surface area contributed by atoms with Gasteiger partial charge in [-0.3, -0.25) is 4.79 Å². The minimum atomic E-state index is 0.0559. The van der Waals surface area contributed by atoms with Crippen LogP contribution in [0, 0.1) is 0 Å². The van der Waals surface area contributed by atoms with Gasteiger partial charge in [0.05, 0.1) is 4.88 Å². The van der Waals surface area contributed by atoms with Crippen LogP contribution in [0.15, 0.2) is 30.3 Å². The van der Waals surface area contributed by atoms with Crippen molar-refractivity contribution in [1.82, 2.24) is 10.2 Å². The Balaban J connectivity index is 1.57. The molecule has 100 valence electrons. The normalized spacial score (nSPS) is 16.0. The van der Waals surface area contributed by atoms with E-state index in [4.69, 9.17) is 0 Å². The van der Waals surface area contributed by atoms with Gasteiger partial charge in [0, 0.05) is 17.8 Å². The number of carbonyl (C=O) groups is 1. The molecule has 4 heteroatoms. The van der Waals surface area contributed by atoms with Crippen molar-refractivity contribution in [1.29, 1.82) is 0 Å². The van der Waals surface area contributed by atoms with Crippen LogP contribution in [0.5, 0.6) is 0 Å². The lowest BCUT2D eigenvalue weighted by Crippen LogP contribution is -2.33. The number of hydrogen-bond donors (Lipinski definition) is 1. The average molecular weight is 274 g/mol. The highest BCUT2D eigenvalue weighted by atomic mass is 32.1. The number of thiophene rings is 1. The molecule has 0 bridgehead atoms. The summed E-state index contributed by atoms with van der Waals surface area (Å²) >= 11 is 1.56. The number of hydrogen-bond acceptors (Lipinski definition) is 3. The zero-order valence-corrected chi connectivity index (χ0v) is 11.7. The number of rotatable bonds is 4. The van der Waals surface area contributed by atoms with Gasteiger partial charge in [0.25, 0.3) is 5.91 Å². The molecule has 1 amide bonds. The maximum atomic E-state index is 12.1. The molecule has 1 N–H and O–H groups in total. The van der Waals surface area contributed by atoms with Gasteiger partial charge in [-0.15, -0.1) is 11.3 Å². The number of benzene rings is 1. The molecule has 1 aromatic carbocycles. The van der Waals surface area contributed by atoms with Crippen LogP contribution in [0.1, 0.15) is 22.5 Å². The summed E-state index contributed by atoms with van der Waals surface area (Å²) in [6, 6.07) is 10.1. The molecular weight excluding hydrogens is 256 g/mol. The third-order valence-electron chi connectivity index (χ3n) is 3.56. The summed E-state index contributed by atoms with van der Waals surface area (Å²) in [5.74, 6) is 0.0559. The van der Waals surface area contributed by atoms with Crippen molar-refractivity contribution in [3.8, 4) is 0 Å². The summed E-state index contributed by atoms with van der Waals surface area (Å²) in [7, 11) is 0. The van der Waals surface area contributed by atoms with Crippen molar-refractivity contribution in [2.45, 2.75) is 12.8 Å². The van der Waals surface area contributed by atoms with Crippen LogP contribution in [0.2, 0.25) is 0 Å². The van der Waals surface area contributed by atoms with Crippen LogP contribution in [0.25, 0.3) is 10.1 Å². The Bertz CT molecular complexity index is 539. The topological polar surface area (TPSA) is 32.3 Å². The van der Waals surface area contributed by atoms with Crippen LogP contribution in [0.3, 0.4) is 0 Å². The molecule has 3 nitrogen and oxygen atoms in total. The highest BCUT2D eigenvalue weighted by Crippen LogP contribution is 2.24. The molecule has 1 aromatic heterocycles. The molecule has 3 rings (SSSR count). The second-order valence-electron chi connectivity index (χ2n) is 4.95. The Labute approximate surface area is 117 Å². The molecule has 0 radical (unpaired) electrons. The van der Waals surface area contributed by atoms with Gasteiger partial charge in [-0.25, -0.2) is 0 Å². The molecule has 2 aromatic rings. The van der Waals surface area contributed by atoms with Crippen LogP contribution in [-0.2, 0) is 0 Å². The highest BCUT2D eigenvalue weighted by molar-refractivity contribution is 7.20. The van der Waals surface area contributed by atoms with Crippen molar-refractivity contribution < 1.29 is 4.79 Å². The summed E-state index contributed by atoms with van der Waals surface area (Å²) in [6.07, 6.45) is 2.59. The van der Waals surface area contributed by atoms with Gasteiger partial charge in [0.15, 0.2) is 0 Å². The number of nitrogens with one attached hydrogen (secondary N) is 1. The first-order valence-electron chi connectivity index (χ1n) is 6.82. The summed E-state index contributed by atoms with van der Waals surface area (Å²) < 4.78 is 1.17. The summed E-state index contributed by atoms with van der Waals surface area (Å²) in [5, 5.41) is 4.17. The largest absolute Gasteiger partial charge is 0.350 e. The second kappa shape index (κ2) is 5.72. The molecule has 0 saturated carbocycles. The molecule has 1 aliphatic rings. The molecule has 0 spiro atoms. The second-order valence-corrected chi connectivity index (χ2v) is 6.04. The summed E-state index contributed by atoms with van der Waals surface area (Å²) in [6.45, 7) is 4.07. The Morgan fingerprint density at radius 3 is 2.84 bits per heavy atom. The monoisotopic (exact) mass is 274 g/mol. The molecule has 0 aliphatic carbocycles. The predicted molar refractivity (Wildman–Crippen MR) is 79.8 cm³/mol. The van der Waals surface area contributed by atoms with Gasteiger partial charge in [-0.05, 0) is 43.5 Å². The number of likely N-dealkylation sites (tertiary alicyclic amines) is 1. The fraction of sp³-hybridized carbons (Fsp3) is 0.400. The molecule has 0 atom stereocenters. The Morgan fingerprint density at radius 1 is 1.26 bits per heavy atom. The third kappa shape index (κ3) is 2.96. The number of carbonyl (C=O) groups excluding carboxylic acids is 1. The fourth-order valence-corrected chi connectivity index (χ4v) is 3.49. The smallest absolute Gasteiger partial charge is 0.261 e. The maximum absolute atomic E-state index is 12.1. The van der Waals surface area contributed by atoms with Crippen LogP contribution < -0.4 is 5.32 Å². The van der Waals surface area contributed by atoms with E-state index in [1.807, 2.05) is 24.3 Å². The maximum Gasteiger partial charge on any atom is 0.261 e. The lowest BCUT2D eigenvalue weighted by atomic mass is 10.2. The quantitative estimate of drug-likeness (QED) is 0.929. The van der Waals surface area contributed by atoms with Crippen LogP contribution >= 0.6 is 11.3 Å². The fourth-order valence-electron chi connectivity index (χ4n) is 2.51. The summed E-state index contributed by atoms with van der Waals surface area (Å²) in [4.78, 5) is 15.3. The van der Waals surface area contributed by atoms with Gasteiger partial charge in [-0.2, -0.15) is 0 Å². The van der Waals surface area contributed by atoms with Gasteiger partial charge in [0.2, 0.25) is 0 Å². The van der Waals surface area contributed by atoms with E-state index >= 15 is 0 Å². The number of amides is 1. The van der Waals surface area contributed by atoms with E-state index in [1.54, 1.807) is 11.3 Å². The minimum Gasteiger partial charge on any atom is -0.350 e. The van der Waals surface area contributed by atoms with Gasteiger partial charge >= 0.3 is 0 Å². The van der Waals surface area contributed by atoms with Crippen LogP contribution in [-0.4, -0.2) is 37.0 Å². The summed E-state index contributed by atoms with van der Waals surface area (Å²) in [5.41, 5.74) is 0. The first-order valence-corrected chi connectivity index (χ1v) is 7.64. The van der Waals surface area contributed by atoms with E-state index in [2.05, 4.69) is 16.3 Å². The molecule has 1 aliphatic heterocycles. The average Bonchev–Trinajstić information content (AvgIpc) is 3.07. The molecular formula is C15H18N2OS. The highest BCUT2D eigenvalue weighted by Gasteiger charge is 2.13. The van der Waals surface area contributed by atoms with Crippen molar-refractivity contribution >= 4 is 27.3 Å². The van der Waals surface area contributed by atoms with E-state index in [1.165, 1.54) is 30.6 Å². The molecule has 1 fully saturated rings. The standard InChI is InChI=1S/C15H18N2OS/c18-15(16-7-10-17-8-3-4-9-17)14-11-12-5-1-2-6-13(12)19-14/h1-2,5-6,11H,3-4,7-10H2,(H,16,18). The number of nitrogens with zero attached hydrogens (tertiary/aromatic N) is 1. The van der Waals surface area contributed by atoms with E-state index in [0.29, 0.717) is 0 Å². The van der Waals surface area contributed by atoms with Gasteiger partial charge < -0.3 is 10.2 Å². The van der Waals surface area contributed by atoms with Gasteiger partial charge in [0.1, 0.15) is 0 Å². The predicted octanol–water partition coefficient (Wildman–Crippen LogP) is 2.73. The van der Waals surface area contributed by atoms with Crippen LogP contribution in [0.4, 0.5) is 0 Å². The van der Waals surface area contributed by atoms with Crippen molar-refractivity contribution in [3.63, 3.8) is 0 Å². The number of fused-ring (bicyclic) bond motifs is 1. The first kappa shape index (κ1) is 12.6. The molecule has 1 saturated heterocycles. The van der Waals surface area contributed by atoms with E-state index in [0.717, 1.165) is 23.4 Å². The minimum absolute atomic E-state index is 0.0559.